The van der Waals surface area contributed by atoms with Crippen molar-refractivity contribution >= 4 is 18.0 Å². The Morgan fingerprint density at radius 2 is 1.81 bits per heavy atom. The molecule has 0 spiro atoms. The molecular formula is C24H28N2O5. The van der Waals surface area contributed by atoms with Crippen molar-refractivity contribution in [1.82, 2.24) is 10.2 Å². The van der Waals surface area contributed by atoms with Gasteiger partial charge in [0.2, 0.25) is 5.91 Å². The summed E-state index contributed by atoms with van der Waals surface area (Å²) in [5.41, 5.74) is 0.944. The van der Waals surface area contributed by atoms with Crippen molar-refractivity contribution in [3.05, 3.63) is 71.3 Å². The second kappa shape index (κ2) is 9.75. The first-order chi connectivity index (χ1) is 14.9. The summed E-state index contributed by atoms with van der Waals surface area (Å²) in [6, 6.07) is 16.7. The van der Waals surface area contributed by atoms with Crippen molar-refractivity contribution < 1.29 is 24.2 Å². The van der Waals surface area contributed by atoms with Crippen molar-refractivity contribution in [2.24, 2.45) is 0 Å². The summed E-state index contributed by atoms with van der Waals surface area (Å²) in [5, 5.41) is 13.1. The third-order valence-electron chi connectivity index (χ3n) is 5.85. The minimum absolute atomic E-state index is 0.0465. The normalized spacial score (nSPS) is 19.9. The van der Waals surface area contributed by atoms with Gasteiger partial charge in [0.25, 0.3) is 0 Å². The van der Waals surface area contributed by atoms with Gasteiger partial charge in [-0.3, -0.25) is 4.79 Å². The van der Waals surface area contributed by atoms with Gasteiger partial charge in [-0.05, 0) is 42.5 Å². The minimum atomic E-state index is -1.71. The molecule has 0 bridgehead atoms. The zero-order valence-corrected chi connectivity index (χ0v) is 17.8. The Morgan fingerprint density at radius 1 is 1.13 bits per heavy atom. The van der Waals surface area contributed by atoms with Gasteiger partial charge in [-0.1, -0.05) is 61.5 Å². The van der Waals surface area contributed by atoms with E-state index in [2.05, 4.69) is 5.32 Å². The number of nitrogens with zero attached hydrogens (tertiary/aromatic N) is 1. The van der Waals surface area contributed by atoms with Gasteiger partial charge in [-0.15, -0.1) is 0 Å². The summed E-state index contributed by atoms with van der Waals surface area (Å²) in [5.74, 6) is -1.92. The molecule has 31 heavy (non-hydrogen) atoms. The molecule has 164 valence electrons. The number of hydrogen-bond donors (Lipinski definition) is 2. The number of hydrogen-bond acceptors (Lipinski definition) is 5. The summed E-state index contributed by atoms with van der Waals surface area (Å²) < 4.78 is 5.42. The van der Waals surface area contributed by atoms with Crippen molar-refractivity contribution in [1.29, 1.82) is 0 Å². The fraction of sp³-hybridized carbons (Fsp3) is 0.375. The molecule has 2 amide bonds. The van der Waals surface area contributed by atoms with Crippen LogP contribution in [0.1, 0.15) is 42.4 Å². The molecular weight excluding hydrogens is 396 g/mol. The van der Waals surface area contributed by atoms with E-state index >= 15 is 0 Å². The fourth-order valence-corrected chi connectivity index (χ4v) is 4.32. The third-order valence-corrected chi connectivity index (χ3v) is 5.85. The average Bonchev–Trinajstić information content (AvgIpc) is 2.78. The van der Waals surface area contributed by atoms with E-state index in [1.165, 1.54) is 0 Å². The van der Waals surface area contributed by atoms with E-state index in [0.717, 1.165) is 21.6 Å². The standard InChI is InChI=1S/C24H28N2O5/c1-3-18-13-24(22(28)29,14-19-11-7-8-12-20(18)19)26(21(27)15-25-2)23(30)31-16-17-9-5-4-6-10-17/h4-12,18,25H,3,13-16H2,1-2H3,(H,28,29). The largest absolute Gasteiger partial charge is 0.479 e. The van der Waals surface area contributed by atoms with Crippen LogP contribution < -0.4 is 5.32 Å². The van der Waals surface area contributed by atoms with Crippen LogP contribution in [0.15, 0.2) is 54.6 Å². The second-order valence-corrected chi connectivity index (χ2v) is 7.82. The third kappa shape index (κ3) is 4.61. The molecule has 0 fully saturated rings. The average molecular weight is 424 g/mol. The number of imide groups is 1. The molecule has 1 aliphatic carbocycles. The van der Waals surface area contributed by atoms with Crippen LogP contribution in [0.5, 0.6) is 0 Å². The Morgan fingerprint density at radius 3 is 2.45 bits per heavy atom. The topological polar surface area (TPSA) is 95.9 Å². The number of carbonyl (C=O) groups excluding carboxylic acids is 2. The van der Waals surface area contributed by atoms with Crippen molar-refractivity contribution in [2.45, 2.75) is 44.2 Å². The van der Waals surface area contributed by atoms with Gasteiger partial charge in [0.05, 0.1) is 6.54 Å². The van der Waals surface area contributed by atoms with Gasteiger partial charge in [0.15, 0.2) is 5.54 Å². The highest BCUT2D eigenvalue weighted by atomic mass is 16.6. The number of benzene rings is 2. The van der Waals surface area contributed by atoms with E-state index in [0.29, 0.717) is 6.42 Å². The number of carbonyl (C=O) groups is 3. The molecule has 7 nitrogen and oxygen atoms in total. The van der Waals surface area contributed by atoms with E-state index in [1.807, 2.05) is 49.4 Å². The first-order valence-electron chi connectivity index (χ1n) is 10.4. The van der Waals surface area contributed by atoms with Crippen molar-refractivity contribution in [2.75, 3.05) is 13.6 Å². The predicted octanol–water partition coefficient (Wildman–Crippen LogP) is 3.33. The minimum Gasteiger partial charge on any atom is -0.479 e. The lowest BCUT2D eigenvalue weighted by molar-refractivity contribution is -0.158. The van der Waals surface area contributed by atoms with E-state index < -0.39 is 23.5 Å². The maximum absolute atomic E-state index is 13.1. The number of nitrogens with one attached hydrogen (secondary N) is 1. The molecule has 0 heterocycles. The van der Waals surface area contributed by atoms with Crippen LogP contribution in [0.25, 0.3) is 0 Å². The van der Waals surface area contributed by atoms with Crippen LogP contribution >= 0.6 is 0 Å². The Balaban J connectivity index is 1.99. The second-order valence-electron chi connectivity index (χ2n) is 7.82. The van der Waals surface area contributed by atoms with Crippen LogP contribution in [0.2, 0.25) is 0 Å². The molecule has 2 aromatic rings. The fourth-order valence-electron chi connectivity index (χ4n) is 4.32. The zero-order chi connectivity index (χ0) is 22.4. The maximum atomic E-state index is 13.1. The number of rotatable bonds is 7. The molecule has 2 N–H and O–H groups in total. The molecule has 0 radical (unpaired) electrons. The molecule has 0 saturated heterocycles. The summed E-state index contributed by atoms with van der Waals surface area (Å²) in [4.78, 5) is 39.6. The van der Waals surface area contributed by atoms with Crippen LogP contribution in [0, 0.1) is 0 Å². The van der Waals surface area contributed by atoms with Gasteiger partial charge >= 0.3 is 12.1 Å². The summed E-state index contributed by atoms with van der Waals surface area (Å²) in [6.07, 6.45) is -0.0590. The van der Waals surface area contributed by atoms with Crippen LogP contribution in [-0.4, -0.2) is 47.1 Å². The highest BCUT2D eigenvalue weighted by Crippen LogP contribution is 2.42. The molecule has 7 heteroatoms. The zero-order valence-electron chi connectivity index (χ0n) is 17.8. The molecule has 0 aromatic heterocycles. The molecule has 2 unspecified atom stereocenters. The smallest absolute Gasteiger partial charge is 0.417 e. The highest BCUT2D eigenvalue weighted by molar-refractivity contribution is 5.99. The lowest BCUT2D eigenvalue weighted by Crippen LogP contribution is -2.63. The number of aliphatic carboxylic acids is 1. The quantitative estimate of drug-likeness (QED) is 0.708. The molecule has 3 rings (SSSR count). The highest BCUT2D eigenvalue weighted by Gasteiger charge is 2.54. The van der Waals surface area contributed by atoms with E-state index in [4.69, 9.17) is 4.74 Å². The molecule has 0 saturated carbocycles. The Kier molecular flexibility index (Phi) is 7.07. The Bertz CT molecular complexity index is 946. The lowest BCUT2D eigenvalue weighted by atomic mass is 9.70. The number of ether oxygens (including phenoxy) is 1. The number of carboxylic acid groups (broad SMARTS) is 1. The maximum Gasteiger partial charge on any atom is 0.417 e. The first kappa shape index (κ1) is 22.5. The molecule has 0 aliphatic heterocycles. The Labute approximate surface area is 182 Å². The first-order valence-corrected chi connectivity index (χ1v) is 10.4. The number of fused-ring (bicyclic) bond motifs is 1. The summed E-state index contributed by atoms with van der Waals surface area (Å²) >= 11 is 0. The van der Waals surface area contributed by atoms with E-state index in [1.54, 1.807) is 19.2 Å². The van der Waals surface area contributed by atoms with Gasteiger partial charge < -0.3 is 15.2 Å². The number of likely N-dealkylation sites (N-methyl/N-ethyl adjacent to an activating group) is 1. The van der Waals surface area contributed by atoms with Crippen molar-refractivity contribution in [3.8, 4) is 0 Å². The van der Waals surface area contributed by atoms with Gasteiger partial charge in [0.1, 0.15) is 6.61 Å². The van der Waals surface area contributed by atoms with Crippen LogP contribution in [0.4, 0.5) is 4.79 Å². The lowest BCUT2D eigenvalue weighted by Gasteiger charge is -2.44. The van der Waals surface area contributed by atoms with E-state index in [9.17, 15) is 19.5 Å². The molecule has 1 aliphatic rings. The summed E-state index contributed by atoms with van der Waals surface area (Å²) in [6.45, 7) is 1.76. The van der Waals surface area contributed by atoms with Crippen LogP contribution in [-0.2, 0) is 27.4 Å². The number of amides is 2. The molecule has 2 aromatic carbocycles. The van der Waals surface area contributed by atoms with Crippen molar-refractivity contribution in [3.63, 3.8) is 0 Å². The monoisotopic (exact) mass is 424 g/mol. The summed E-state index contributed by atoms with van der Waals surface area (Å²) in [7, 11) is 1.57. The predicted molar refractivity (Wildman–Crippen MR) is 116 cm³/mol. The van der Waals surface area contributed by atoms with Gasteiger partial charge in [0, 0.05) is 6.42 Å². The van der Waals surface area contributed by atoms with Gasteiger partial charge in [-0.25, -0.2) is 14.5 Å². The number of carboxylic acids is 1. The van der Waals surface area contributed by atoms with E-state index in [-0.39, 0.29) is 31.9 Å². The van der Waals surface area contributed by atoms with Gasteiger partial charge in [-0.2, -0.15) is 0 Å². The SMILES string of the molecule is CCC1CC(C(=O)O)(N(C(=O)CNC)C(=O)OCc2ccccc2)Cc2ccccc21. The molecule has 2 atom stereocenters. The van der Waals surface area contributed by atoms with Crippen LogP contribution in [0.3, 0.4) is 0 Å². The Hall–Kier alpha value is -3.19.